The van der Waals surface area contributed by atoms with Gasteiger partial charge in [-0.2, -0.15) is 0 Å². The number of hydrogen-bond donors (Lipinski definition) is 0. The van der Waals surface area contributed by atoms with Crippen LogP contribution in [0, 0.1) is 47.3 Å². The molecule has 0 atom stereocenters. The van der Waals surface area contributed by atoms with E-state index in [0.29, 0.717) is 0 Å². The molecule has 0 N–H and O–H groups in total. The molecule has 4 heteroatoms. The Labute approximate surface area is 843 Å². The predicted molar refractivity (Wildman–Crippen MR) is 601 cm³/mol. The number of hydrogen-bond acceptors (Lipinski definition) is 2. The van der Waals surface area contributed by atoms with Crippen LogP contribution in [-0.2, 0) is 10.8 Å². The van der Waals surface area contributed by atoms with Crippen LogP contribution in [0.1, 0.15) is 86.5 Å². The maximum absolute atomic E-state index is 2.56. The highest BCUT2D eigenvalue weighted by Gasteiger charge is 2.63. The van der Waals surface area contributed by atoms with Crippen LogP contribution in [0.4, 0.5) is 34.1 Å². The van der Waals surface area contributed by atoms with E-state index in [1.165, 1.54) is 219 Å². The second-order valence-electron chi connectivity index (χ2n) is 42.6. The van der Waals surface area contributed by atoms with Gasteiger partial charge in [0.2, 0.25) is 0 Å². The Morgan fingerprint density at radius 1 is 0.174 bits per heavy atom. The van der Waals surface area contributed by atoms with Gasteiger partial charge in [-0.05, 0) is 379 Å². The molecule has 0 radical (unpaired) electrons. The van der Waals surface area contributed by atoms with Crippen molar-refractivity contribution in [2.75, 3.05) is 9.80 Å². The minimum Gasteiger partial charge on any atom is -0.310 e. The zero-order valence-corrected chi connectivity index (χ0v) is 80.7. The van der Waals surface area contributed by atoms with Crippen LogP contribution in [0.25, 0.3) is 166 Å². The fourth-order valence-corrected chi connectivity index (χ4v) is 29.6. The first-order valence-corrected chi connectivity index (χ1v) is 52.5. The molecule has 688 valence electrons. The van der Waals surface area contributed by atoms with Crippen molar-refractivity contribution in [1.82, 2.24) is 9.13 Å². The van der Waals surface area contributed by atoms with Crippen molar-refractivity contribution in [3.05, 3.63) is 508 Å². The van der Waals surface area contributed by atoms with E-state index in [1.54, 1.807) is 22.3 Å². The van der Waals surface area contributed by atoms with Gasteiger partial charge in [0.15, 0.2) is 0 Å². The Hall–Kier alpha value is -16.4. The van der Waals surface area contributed by atoms with Crippen LogP contribution in [0.15, 0.2) is 485 Å². The van der Waals surface area contributed by atoms with Gasteiger partial charge in [0, 0.05) is 72.2 Å². The molecule has 2 aromatic heterocycles. The molecule has 2 heterocycles. The molecular formula is C140H108N4. The third-order valence-electron chi connectivity index (χ3n) is 35.2. The lowest BCUT2D eigenvalue weighted by atomic mass is 9.43. The maximum atomic E-state index is 2.56. The van der Waals surface area contributed by atoms with Crippen LogP contribution >= 0.6 is 0 Å². The zero-order chi connectivity index (χ0) is 94.7. The first kappa shape index (κ1) is 84.5. The van der Waals surface area contributed by atoms with Crippen LogP contribution < -0.4 is 9.80 Å². The molecule has 8 saturated carbocycles. The lowest BCUT2D eigenvalue weighted by Gasteiger charge is -2.61. The predicted octanol–water partition coefficient (Wildman–Crippen LogP) is 37.3. The maximum Gasteiger partial charge on any atom is 0.0562 e. The average Bonchev–Trinajstić information content (AvgIpc) is 1.51. The molecule has 0 unspecified atom stereocenters. The van der Waals surface area contributed by atoms with E-state index in [9.17, 15) is 0 Å². The molecule has 0 saturated heterocycles. The van der Waals surface area contributed by atoms with Gasteiger partial charge >= 0.3 is 0 Å². The molecule has 22 aromatic rings. The largest absolute Gasteiger partial charge is 0.310 e. The molecular weight excluding hydrogens is 1740 g/mol. The third kappa shape index (κ3) is 13.7. The summed E-state index contributed by atoms with van der Waals surface area (Å²) in [4.78, 5) is 4.83. The lowest BCUT2D eigenvalue weighted by Crippen LogP contribution is -2.55. The van der Waals surface area contributed by atoms with Crippen molar-refractivity contribution in [2.24, 2.45) is 47.3 Å². The highest BCUT2D eigenvalue weighted by molar-refractivity contribution is 6.17. The van der Waals surface area contributed by atoms with E-state index < -0.39 is 0 Å². The molecule has 8 bridgehead atoms. The van der Waals surface area contributed by atoms with E-state index in [4.69, 9.17) is 0 Å². The van der Waals surface area contributed by atoms with Crippen molar-refractivity contribution >= 4 is 77.7 Å². The van der Waals surface area contributed by atoms with E-state index >= 15 is 0 Å². The second kappa shape index (κ2) is 34.2. The van der Waals surface area contributed by atoms with Gasteiger partial charge in [-0.15, -0.1) is 0 Å². The first-order valence-electron chi connectivity index (χ1n) is 52.5. The normalized spacial score (nSPS) is 20.3. The summed E-state index contributed by atoms with van der Waals surface area (Å²) in [5, 5.41) is 4.93. The van der Waals surface area contributed by atoms with Gasteiger partial charge < -0.3 is 18.9 Å². The number of fused-ring (bicyclic) bond motifs is 12. The Balaban J connectivity index is 0.000000137. The molecule has 0 amide bonds. The molecule has 10 aliphatic rings. The highest BCUT2D eigenvalue weighted by Crippen LogP contribution is 2.72. The number of anilines is 6. The fraction of sp³-hybridized carbons (Fsp3) is 0.143. The number of rotatable bonds is 16. The van der Waals surface area contributed by atoms with Gasteiger partial charge in [-0.1, -0.05) is 352 Å². The minimum absolute atomic E-state index is 0.192. The summed E-state index contributed by atoms with van der Waals surface area (Å²) in [5.74, 6) is 6.88. The molecule has 2 spiro atoms. The zero-order valence-electron chi connectivity index (χ0n) is 80.7. The van der Waals surface area contributed by atoms with E-state index in [2.05, 4.69) is 504 Å². The number of aromatic nitrogens is 2. The summed E-state index contributed by atoms with van der Waals surface area (Å²) < 4.78 is 4.80. The summed E-state index contributed by atoms with van der Waals surface area (Å²) in [5.41, 5.74) is 46.2. The summed E-state index contributed by atoms with van der Waals surface area (Å²) in [6.45, 7) is 0. The Morgan fingerprint density at radius 2 is 0.472 bits per heavy atom. The Morgan fingerprint density at radius 3 is 0.951 bits per heavy atom. The molecule has 144 heavy (non-hydrogen) atoms. The smallest absolute Gasteiger partial charge is 0.0562 e. The Bertz CT molecular complexity index is 8670. The third-order valence-corrected chi connectivity index (χ3v) is 35.2. The lowest BCUT2D eigenvalue weighted by molar-refractivity contribution is -0.0399. The van der Waals surface area contributed by atoms with Crippen LogP contribution in [-0.4, -0.2) is 9.13 Å². The van der Waals surface area contributed by atoms with Crippen molar-refractivity contribution < 1.29 is 0 Å². The van der Waals surface area contributed by atoms with E-state index in [1.807, 2.05) is 0 Å². The fourth-order valence-electron chi connectivity index (χ4n) is 29.6. The second-order valence-corrected chi connectivity index (χ2v) is 42.6. The van der Waals surface area contributed by atoms with E-state index in [0.717, 1.165) is 92.8 Å². The van der Waals surface area contributed by atoms with Crippen molar-refractivity contribution in [2.45, 2.75) is 75.0 Å². The Kier molecular flexibility index (Phi) is 20.1. The topological polar surface area (TPSA) is 16.3 Å². The van der Waals surface area contributed by atoms with Gasteiger partial charge in [-0.3, -0.25) is 0 Å². The standard InChI is InChI=1S/2C70H54N2/c1-3-14-48(15-4-1)49-28-33-59(34-29-49)71(67-26-13-27-68-69(67)62-23-8-10-25-66(62)72(68)58-20-5-2-6-21-58)60-35-30-50(31-36-60)51-16-11-17-52(43-51)53-18-12-19-54(44-53)55-32-37-65-63(45-55)61-22-7-9-24-64(61)70(65)56-39-46-38-47(41-56)42-57(70)40-46;1-3-13-48(14-4-1)50-27-32-57(33-28-50)71(59-36-37-64-63-20-10-12-22-68(63)72(69(64)45-59)56-15-5-2-6-16-56)58-34-29-51(30-35-58)49-23-25-52(26-24-49)60-17-7-8-18-61(60)53-31-38-67-65(44-53)62-19-9-11-21-66(62)70(67)54-40-46-39-47(42-54)43-55(70)41-46/h1-37,43-47,56-57H,38-42H2;1-38,44-47,54-55H,39-43H2. The van der Waals surface area contributed by atoms with Crippen LogP contribution in [0.2, 0.25) is 0 Å². The molecule has 4 nitrogen and oxygen atoms in total. The summed E-state index contributed by atoms with van der Waals surface area (Å²) in [7, 11) is 0. The minimum atomic E-state index is 0.192. The SMILES string of the molecule is c1ccc(-c2ccc(N(c3ccc(-c4ccc(-c5ccccc5-c5ccc6c(c5)-c5ccccc5C65C6CC7CC(C6)CC5C7)cc4)cc3)c3ccc4c5ccccc5n(-c5ccccc5)c4c3)cc2)cc1.c1ccc(-c2ccc(N(c3ccc(-c4cccc(-c5cccc(-c6ccc7c(c6)-c6ccccc6C76C7CC8CC(C7)CC6C8)c5)c4)cc3)c3cccc4c3c3ccccc3n4-c3ccccc3)cc2)cc1. The number of nitrogens with zero attached hydrogens (tertiary/aromatic N) is 4. The summed E-state index contributed by atoms with van der Waals surface area (Å²) in [6.07, 6.45) is 14.2. The molecule has 0 aliphatic heterocycles. The quantitative estimate of drug-likeness (QED) is 0.0959. The molecule has 10 aliphatic carbocycles. The number of para-hydroxylation sites is 4. The van der Waals surface area contributed by atoms with E-state index in [-0.39, 0.29) is 10.8 Å². The molecule has 20 aromatic carbocycles. The van der Waals surface area contributed by atoms with Gasteiger partial charge in [0.25, 0.3) is 0 Å². The van der Waals surface area contributed by atoms with Crippen LogP contribution in [0.3, 0.4) is 0 Å². The molecule has 32 rings (SSSR count). The summed E-state index contributed by atoms with van der Waals surface area (Å²) in [6, 6.07) is 181. The number of benzene rings is 20. The van der Waals surface area contributed by atoms with Crippen LogP contribution in [0.5, 0.6) is 0 Å². The monoisotopic (exact) mass is 1840 g/mol. The van der Waals surface area contributed by atoms with Crippen molar-refractivity contribution in [3.8, 4) is 123 Å². The van der Waals surface area contributed by atoms with Gasteiger partial charge in [-0.25, -0.2) is 0 Å². The average molecular weight is 1850 g/mol. The van der Waals surface area contributed by atoms with Crippen molar-refractivity contribution in [1.29, 1.82) is 0 Å². The van der Waals surface area contributed by atoms with Gasteiger partial charge in [0.05, 0.1) is 27.8 Å². The highest BCUT2D eigenvalue weighted by atomic mass is 15.2. The summed E-state index contributed by atoms with van der Waals surface area (Å²) >= 11 is 0. The molecule has 8 fully saturated rings. The first-order chi connectivity index (χ1) is 71.3. The van der Waals surface area contributed by atoms with Gasteiger partial charge in [0.1, 0.15) is 0 Å². The van der Waals surface area contributed by atoms with Crippen molar-refractivity contribution in [3.63, 3.8) is 0 Å².